The number of benzene rings is 2. The molecule has 3 N–H and O–H groups in total. The van der Waals surface area contributed by atoms with Crippen molar-refractivity contribution in [2.24, 2.45) is 0 Å². The highest BCUT2D eigenvalue weighted by atomic mass is 28.3. The second-order valence-electron chi connectivity index (χ2n) is 13.4. The maximum atomic E-state index is 14.0. The van der Waals surface area contributed by atoms with Crippen molar-refractivity contribution in [2.45, 2.75) is 58.6 Å². The van der Waals surface area contributed by atoms with Crippen LogP contribution in [0.25, 0.3) is 11.0 Å². The van der Waals surface area contributed by atoms with Gasteiger partial charge in [0.05, 0.1) is 18.1 Å². The van der Waals surface area contributed by atoms with Crippen molar-refractivity contribution >= 4 is 36.4 Å². The number of nitrogens with zero attached hydrogens (tertiary/aromatic N) is 3. The van der Waals surface area contributed by atoms with E-state index in [1.165, 1.54) is 12.1 Å². The maximum Gasteiger partial charge on any atom is 0.416 e. The summed E-state index contributed by atoms with van der Waals surface area (Å²) < 4.78 is 55.8. The third-order valence-electron chi connectivity index (χ3n) is 8.49. The zero-order chi connectivity index (χ0) is 34.5. The van der Waals surface area contributed by atoms with Crippen molar-refractivity contribution in [1.82, 2.24) is 19.8 Å². The largest absolute Gasteiger partial charge is 0.496 e. The number of rotatable bonds is 13. The Labute approximate surface area is 280 Å². The van der Waals surface area contributed by atoms with Crippen molar-refractivity contribution < 1.29 is 27.4 Å². The van der Waals surface area contributed by atoms with E-state index >= 15 is 0 Å². The van der Waals surface area contributed by atoms with Crippen LogP contribution in [0.3, 0.4) is 0 Å². The van der Waals surface area contributed by atoms with Crippen molar-refractivity contribution in [1.29, 1.82) is 0 Å². The minimum atomic E-state index is -4.58. The highest BCUT2D eigenvalue weighted by molar-refractivity contribution is 6.76. The van der Waals surface area contributed by atoms with E-state index in [-0.39, 0.29) is 17.7 Å². The van der Waals surface area contributed by atoms with Gasteiger partial charge in [0.15, 0.2) is 0 Å². The highest BCUT2D eigenvalue weighted by Gasteiger charge is 2.34. The molecule has 1 amide bonds. The molecule has 4 aromatic rings. The lowest BCUT2D eigenvalue weighted by atomic mass is 10.0. The summed E-state index contributed by atoms with van der Waals surface area (Å²) in [4.78, 5) is 19.8. The molecule has 9 nitrogen and oxygen atoms in total. The lowest BCUT2D eigenvalue weighted by Crippen LogP contribution is -2.43. The van der Waals surface area contributed by atoms with Gasteiger partial charge >= 0.3 is 6.18 Å². The number of alkyl halides is 3. The molecule has 1 aliphatic rings. The third-order valence-corrected chi connectivity index (χ3v) is 10.2. The van der Waals surface area contributed by atoms with Crippen LogP contribution in [-0.2, 0) is 30.7 Å². The predicted octanol–water partition coefficient (Wildman–Crippen LogP) is 6.95. The van der Waals surface area contributed by atoms with E-state index in [4.69, 9.17) is 14.5 Å². The van der Waals surface area contributed by atoms with Crippen LogP contribution < -0.4 is 20.7 Å². The van der Waals surface area contributed by atoms with E-state index in [0.29, 0.717) is 44.4 Å². The van der Waals surface area contributed by atoms with Gasteiger partial charge in [0.1, 0.15) is 18.1 Å². The molecule has 0 unspecified atom stereocenters. The summed E-state index contributed by atoms with van der Waals surface area (Å²) in [5.74, 6) is 0.0886. The van der Waals surface area contributed by atoms with Gasteiger partial charge in [-0.05, 0) is 54.4 Å². The van der Waals surface area contributed by atoms with E-state index in [1.54, 1.807) is 25.4 Å². The molecule has 48 heavy (non-hydrogen) atoms. The lowest BCUT2D eigenvalue weighted by molar-refractivity contribution is -0.138. The fourth-order valence-corrected chi connectivity index (χ4v) is 6.44. The van der Waals surface area contributed by atoms with Gasteiger partial charge in [0.2, 0.25) is 0 Å². The molecule has 13 heteroatoms. The van der Waals surface area contributed by atoms with Crippen LogP contribution in [0.2, 0.25) is 25.7 Å². The van der Waals surface area contributed by atoms with Crippen molar-refractivity contribution in [3.8, 4) is 5.75 Å². The van der Waals surface area contributed by atoms with Crippen LogP contribution in [0.15, 0.2) is 54.9 Å². The Morgan fingerprint density at radius 3 is 2.54 bits per heavy atom. The SMILES string of the molecule is COc1c(CNc2cc(NC(=O)c3ccc(CN4CCNCC4)c(C(F)(F)F)c3)ccc2C)cnc2c1ccn2COCC[Si](C)(C)C. The van der Waals surface area contributed by atoms with E-state index in [1.807, 2.05) is 34.7 Å². The Morgan fingerprint density at radius 2 is 1.83 bits per heavy atom. The average molecular weight is 683 g/mol. The van der Waals surface area contributed by atoms with Crippen LogP contribution in [0.5, 0.6) is 5.75 Å². The standard InChI is InChI=1S/C35H45F3N6O3Si/c1-24-6-9-28(42-34(45)25-7-8-26(30(18-25)35(36,37)38)22-43-14-11-39-12-15-43)19-31(24)40-20-27-21-41-33-29(32(27)46-2)10-13-44(33)23-47-16-17-48(3,4)5/h6-10,13,18-19,21,39-40H,11-12,14-17,20,22-23H2,1-5H3,(H,42,45). The first-order valence-electron chi connectivity index (χ1n) is 16.2. The number of anilines is 2. The summed E-state index contributed by atoms with van der Waals surface area (Å²) in [6, 6.07) is 12.2. The van der Waals surface area contributed by atoms with Crippen molar-refractivity contribution in [3.63, 3.8) is 0 Å². The second-order valence-corrected chi connectivity index (χ2v) is 19.0. The number of aryl methyl sites for hydroxylation is 1. The molecule has 1 aliphatic heterocycles. The van der Waals surface area contributed by atoms with Crippen LogP contribution in [0.1, 0.15) is 32.6 Å². The van der Waals surface area contributed by atoms with Crippen molar-refractivity contribution in [2.75, 3.05) is 50.5 Å². The summed E-state index contributed by atoms with van der Waals surface area (Å²) in [5.41, 5.74) is 3.08. The predicted molar refractivity (Wildman–Crippen MR) is 186 cm³/mol. The maximum absolute atomic E-state index is 14.0. The number of carbonyl (C=O) groups is 1. The van der Waals surface area contributed by atoms with Gasteiger partial charge < -0.3 is 30.0 Å². The van der Waals surface area contributed by atoms with E-state index in [9.17, 15) is 18.0 Å². The minimum absolute atomic E-state index is 0.0565. The zero-order valence-electron chi connectivity index (χ0n) is 28.3. The molecular weight excluding hydrogens is 638 g/mol. The number of piperazine rings is 1. The van der Waals surface area contributed by atoms with Gasteiger partial charge in [-0.1, -0.05) is 31.8 Å². The first kappa shape index (κ1) is 35.4. The first-order valence-corrected chi connectivity index (χ1v) is 19.9. The summed E-state index contributed by atoms with van der Waals surface area (Å²) in [5, 5.41) is 10.3. The molecule has 5 rings (SSSR count). The molecule has 1 saturated heterocycles. The lowest BCUT2D eigenvalue weighted by Gasteiger charge is -2.28. The smallest absolute Gasteiger partial charge is 0.416 e. The number of hydrogen-bond acceptors (Lipinski definition) is 7. The summed E-state index contributed by atoms with van der Waals surface area (Å²) >= 11 is 0. The molecule has 0 saturated carbocycles. The van der Waals surface area contributed by atoms with E-state index < -0.39 is 25.7 Å². The summed E-state index contributed by atoms with van der Waals surface area (Å²) in [7, 11) is 0.450. The number of hydrogen-bond donors (Lipinski definition) is 3. The fraction of sp³-hybridized carbons (Fsp3) is 0.429. The molecule has 0 atom stereocenters. The topological polar surface area (TPSA) is 92.7 Å². The molecule has 2 aromatic carbocycles. The van der Waals surface area contributed by atoms with Crippen LogP contribution in [0.4, 0.5) is 24.5 Å². The Hall–Kier alpha value is -3.91. The summed E-state index contributed by atoms with van der Waals surface area (Å²) in [6.07, 6.45) is -0.860. The number of halogens is 3. The Bertz CT molecular complexity index is 1730. The molecule has 3 heterocycles. The summed E-state index contributed by atoms with van der Waals surface area (Å²) in [6.45, 7) is 13.4. The van der Waals surface area contributed by atoms with Crippen LogP contribution >= 0.6 is 0 Å². The zero-order valence-corrected chi connectivity index (χ0v) is 29.3. The molecule has 258 valence electrons. The number of fused-ring (bicyclic) bond motifs is 1. The molecule has 0 radical (unpaired) electrons. The van der Waals surface area contributed by atoms with Crippen LogP contribution in [0, 0.1) is 6.92 Å². The van der Waals surface area contributed by atoms with Gasteiger partial charge in [-0.3, -0.25) is 9.69 Å². The number of aromatic nitrogens is 2. The number of nitrogens with one attached hydrogen (secondary N) is 3. The third kappa shape index (κ3) is 8.95. The number of methoxy groups -OCH3 is 1. The quantitative estimate of drug-likeness (QED) is 0.104. The van der Waals surface area contributed by atoms with E-state index in [2.05, 4.69) is 35.6 Å². The normalized spacial score (nSPS) is 14.3. The Morgan fingerprint density at radius 1 is 1.06 bits per heavy atom. The molecule has 2 aromatic heterocycles. The molecule has 0 spiro atoms. The molecule has 0 bridgehead atoms. The molecule has 0 aliphatic carbocycles. The van der Waals surface area contributed by atoms with E-state index in [0.717, 1.165) is 53.0 Å². The Kier molecular flexibility index (Phi) is 11.1. The van der Waals surface area contributed by atoms with Gasteiger partial charge in [0.25, 0.3) is 5.91 Å². The van der Waals surface area contributed by atoms with Gasteiger partial charge in [-0.2, -0.15) is 13.2 Å². The van der Waals surface area contributed by atoms with Crippen molar-refractivity contribution in [3.05, 3.63) is 82.7 Å². The molecular formula is C35H45F3N6O3Si. The minimum Gasteiger partial charge on any atom is -0.496 e. The Balaban J connectivity index is 1.26. The number of amides is 1. The van der Waals surface area contributed by atoms with Crippen LogP contribution in [-0.4, -0.2) is 68.3 Å². The number of ether oxygens (including phenoxy) is 2. The molecule has 1 fully saturated rings. The van der Waals surface area contributed by atoms with Gasteiger partial charge in [-0.25, -0.2) is 4.98 Å². The number of carbonyl (C=O) groups excluding carboxylic acids is 1. The monoisotopic (exact) mass is 682 g/mol. The second kappa shape index (κ2) is 15.1. The number of pyridine rings is 1. The fourth-order valence-electron chi connectivity index (χ4n) is 5.68. The highest BCUT2D eigenvalue weighted by Crippen LogP contribution is 2.34. The average Bonchev–Trinajstić information content (AvgIpc) is 3.45. The van der Waals surface area contributed by atoms with Gasteiger partial charge in [0, 0.05) is 88.8 Å². The van der Waals surface area contributed by atoms with Gasteiger partial charge in [-0.15, -0.1) is 0 Å². The first-order chi connectivity index (χ1) is 22.8.